The van der Waals surface area contributed by atoms with Crippen molar-refractivity contribution in [2.45, 2.75) is 23.5 Å². The summed E-state index contributed by atoms with van der Waals surface area (Å²) in [6.45, 7) is 1.60. The highest BCUT2D eigenvalue weighted by Gasteiger charge is 2.22. The van der Waals surface area contributed by atoms with E-state index in [1.807, 2.05) is 4.90 Å². The third kappa shape index (κ3) is 4.23. The topological polar surface area (TPSA) is 79.6 Å². The highest BCUT2D eigenvalue weighted by atomic mass is 32.2. The molecule has 1 N–H and O–H groups in total. The normalized spacial score (nSPS) is 14.1. The molecule has 3 aromatic rings. The van der Waals surface area contributed by atoms with E-state index in [4.69, 9.17) is 4.42 Å². The molecule has 1 aliphatic rings. The minimum Gasteiger partial charge on any atom is -0.455 e. The van der Waals surface area contributed by atoms with E-state index in [0.717, 1.165) is 25.9 Å². The van der Waals surface area contributed by atoms with Crippen LogP contribution in [0.2, 0.25) is 0 Å². The maximum atomic E-state index is 14.4. The number of hydrogen-bond acceptors (Lipinski definition) is 5. The number of anilines is 2. The van der Waals surface area contributed by atoms with Crippen molar-refractivity contribution in [3.05, 3.63) is 78.0 Å². The summed E-state index contributed by atoms with van der Waals surface area (Å²) in [5.41, 5.74) is 0.721. The van der Waals surface area contributed by atoms with Crippen molar-refractivity contribution < 1.29 is 22.0 Å². The van der Waals surface area contributed by atoms with Crippen LogP contribution in [-0.2, 0) is 15.6 Å². The highest BCUT2D eigenvalue weighted by molar-refractivity contribution is 7.90. The predicted molar refractivity (Wildman–Crippen MR) is 112 cm³/mol. The maximum Gasteiger partial charge on any atom is 0.291 e. The zero-order chi connectivity index (χ0) is 21.1. The van der Waals surface area contributed by atoms with Gasteiger partial charge in [0, 0.05) is 13.1 Å². The molecule has 2 aromatic carbocycles. The van der Waals surface area contributed by atoms with Crippen LogP contribution in [0.5, 0.6) is 0 Å². The Labute approximate surface area is 174 Å². The van der Waals surface area contributed by atoms with Gasteiger partial charge in [-0.1, -0.05) is 24.3 Å². The molecular weight excluding hydrogens is 407 g/mol. The second-order valence-electron chi connectivity index (χ2n) is 7.12. The molecule has 6 nitrogen and oxygen atoms in total. The Morgan fingerprint density at radius 2 is 1.73 bits per heavy atom. The molecule has 1 fully saturated rings. The lowest BCUT2D eigenvalue weighted by Gasteiger charge is -2.21. The van der Waals surface area contributed by atoms with Gasteiger partial charge in [0.05, 0.1) is 10.6 Å². The number of amides is 1. The fraction of sp³-hybridized carbons (Fsp3) is 0.227. The third-order valence-electron chi connectivity index (χ3n) is 5.00. The summed E-state index contributed by atoms with van der Waals surface area (Å²) in [4.78, 5) is 14.8. The molecule has 156 valence electrons. The number of carbonyl (C=O) groups is 1. The predicted octanol–water partition coefficient (Wildman–Crippen LogP) is 4.25. The molecule has 1 aromatic heterocycles. The maximum absolute atomic E-state index is 14.4. The number of sulfone groups is 1. The van der Waals surface area contributed by atoms with Gasteiger partial charge < -0.3 is 14.6 Å². The van der Waals surface area contributed by atoms with Crippen molar-refractivity contribution in [2.24, 2.45) is 0 Å². The van der Waals surface area contributed by atoms with Crippen molar-refractivity contribution in [3.63, 3.8) is 0 Å². The molecule has 0 spiro atoms. The van der Waals surface area contributed by atoms with Crippen molar-refractivity contribution in [1.29, 1.82) is 0 Å². The van der Waals surface area contributed by atoms with Crippen LogP contribution in [0.25, 0.3) is 0 Å². The van der Waals surface area contributed by atoms with Crippen LogP contribution in [-0.4, -0.2) is 27.4 Å². The van der Waals surface area contributed by atoms with Gasteiger partial charge in [0.1, 0.15) is 23.0 Å². The Morgan fingerprint density at radius 3 is 2.47 bits per heavy atom. The van der Waals surface area contributed by atoms with Gasteiger partial charge in [0.15, 0.2) is 15.6 Å². The molecule has 1 aliphatic heterocycles. The molecule has 2 heterocycles. The van der Waals surface area contributed by atoms with Crippen LogP contribution in [0.15, 0.2) is 70.0 Å². The average Bonchev–Trinajstić information content (AvgIpc) is 3.42. The van der Waals surface area contributed by atoms with Crippen LogP contribution in [0.4, 0.5) is 15.8 Å². The molecule has 0 aliphatic carbocycles. The fourth-order valence-electron chi connectivity index (χ4n) is 3.51. The summed E-state index contributed by atoms with van der Waals surface area (Å²) in [6.07, 6.45) is 2.03. The number of benzene rings is 2. The van der Waals surface area contributed by atoms with Crippen LogP contribution >= 0.6 is 0 Å². The molecule has 4 rings (SSSR count). The summed E-state index contributed by atoms with van der Waals surface area (Å²) in [6, 6.07) is 15.5. The first-order chi connectivity index (χ1) is 14.4. The number of hydrogen-bond donors (Lipinski definition) is 1. The molecule has 30 heavy (non-hydrogen) atoms. The summed E-state index contributed by atoms with van der Waals surface area (Å²) >= 11 is 0. The molecule has 8 heteroatoms. The summed E-state index contributed by atoms with van der Waals surface area (Å²) < 4.78 is 44.9. The Bertz CT molecular complexity index is 1150. The van der Waals surface area contributed by atoms with E-state index < -0.39 is 21.6 Å². The summed E-state index contributed by atoms with van der Waals surface area (Å²) in [5, 5.41) is 2.58. The quantitative estimate of drug-likeness (QED) is 0.635. The second kappa shape index (κ2) is 8.31. The first kappa shape index (κ1) is 20.2. The van der Waals surface area contributed by atoms with Gasteiger partial charge >= 0.3 is 0 Å². The molecule has 0 unspecified atom stereocenters. The van der Waals surface area contributed by atoms with E-state index in [9.17, 15) is 17.6 Å². The van der Waals surface area contributed by atoms with E-state index in [2.05, 4.69) is 5.32 Å². The Hall–Kier alpha value is -3.13. The second-order valence-corrected chi connectivity index (χ2v) is 9.11. The van der Waals surface area contributed by atoms with Crippen LogP contribution < -0.4 is 10.2 Å². The standard InChI is InChI=1S/C22H21FN2O4S/c23-18-9-6-10-19(25-13-4-5-14-25)21(18)24-22(26)20-12-11-16(29-20)15-30(27,28)17-7-2-1-3-8-17/h1-3,6-12H,4-5,13-15H2,(H,24,26). The monoisotopic (exact) mass is 428 g/mol. The van der Waals surface area contributed by atoms with Gasteiger partial charge in [-0.2, -0.15) is 0 Å². The van der Waals surface area contributed by atoms with Gasteiger partial charge in [-0.15, -0.1) is 0 Å². The number of carbonyl (C=O) groups excluding carboxylic acids is 1. The minimum absolute atomic E-state index is 0.0797. The van der Waals surface area contributed by atoms with Crippen LogP contribution in [0.3, 0.4) is 0 Å². The smallest absolute Gasteiger partial charge is 0.291 e. The first-order valence-electron chi connectivity index (χ1n) is 9.65. The number of nitrogens with one attached hydrogen (secondary N) is 1. The molecule has 1 amide bonds. The van der Waals surface area contributed by atoms with Crippen molar-refractivity contribution in [3.8, 4) is 0 Å². The lowest BCUT2D eigenvalue weighted by molar-refractivity contribution is 0.0994. The van der Waals surface area contributed by atoms with Gasteiger partial charge in [0.2, 0.25) is 0 Å². The van der Waals surface area contributed by atoms with Gasteiger partial charge in [-0.25, -0.2) is 12.8 Å². The van der Waals surface area contributed by atoms with Crippen molar-refractivity contribution in [2.75, 3.05) is 23.3 Å². The Balaban J connectivity index is 1.52. The third-order valence-corrected chi connectivity index (χ3v) is 6.65. The molecule has 0 atom stereocenters. The zero-order valence-corrected chi connectivity index (χ0v) is 17.0. The van der Waals surface area contributed by atoms with E-state index >= 15 is 0 Å². The number of rotatable bonds is 6. The van der Waals surface area contributed by atoms with Crippen LogP contribution in [0, 0.1) is 5.82 Å². The highest BCUT2D eigenvalue weighted by Crippen LogP contribution is 2.31. The molecule has 1 saturated heterocycles. The largest absolute Gasteiger partial charge is 0.455 e. The van der Waals surface area contributed by atoms with E-state index in [1.54, 1.807) is 30.3 Å². The number of nitrogens with zero attached hydrogens (tertiary/aromatic N) is 1. The molecule has 0 bridgehead atoms. The molecule has 0 saturated carbocycles. The lowest BCUT2D eigenvalue weighted by atomic mass is 10.2. The number of halogens is 1. The first-order valence-corrected chi connectivity index (χ1v) is 11.3. The Morgan fingerprint density at radius 1 is 1.00 bits per heavy atom. The van der Waals surface area contributed by atoms with E-state index in [0.29, 0.717) is 5.69 Å². The van der Waals surface area contributed by atoms with Gasteiger partial charge in [0.25, 0.3) is 5.91 Å². The van der Waals surface area contributed by atoms with Crippen LogP contribution in [0.1, 0.15) is 29.2 Å². The fourth-order valence-corrected chi connectivity index (χ4v) is 4.78. The Kier molecular flexibility index (Phi) is 5.59. The summed E-state index contributed by atoms with van der Waals surface area (Å²) in [7, 11) is -3.60. The van der Waals surface area contributed by atoms with Crippen molar-refractivity contribution >= 4 is 27.1 Å². The average molecular weight is 428 g/mol. The van der Waals surface area contributed by atoms with E-state index in [1.165, 1.54) is 30.3 Å². The number of para-hydroxylation sites is 1. The van der Waals surface area contributed by atoms with Gasteiger partial charge in [-0.05, 0) is 49.2 Å². The molecule has 0 radical (unpaired) electrons. The molecular formula is C22H21FN2O4S. The number of furan rings is 1. The summed E-state index contributed by atoms with van der Waals surface area (Å²) in [5.74, 6) is -1.49. The van der Waals surface area contributed by atoms with E-state index in [-0.39, 0.29) is 27.9 Å². The van der Waals surface area contributed by atoms with Crippen molar-refractivity contribution in [1.82, 2.24) is 0 Å². The van der Waals surface area contributed by atoms with Gasteiger partial charge in [-0.3, -0.25) is 4.79 Å². The zero-order valence-electron chi connectivity index (χ0n) is 16.2. The minimum atomic E-state index is -3.60. The SMILES string of the molecule is O=C(Nc1c(F)cccc1N1CCCC1)c1ccc(CS(=O)(=O)c2ccccc2)o1. The lowest BCUT2D eigenvalue weighted by Crippen LogP contribution is -2.21.